The molecule has 1 amide bonds. The molecule has 0 aromatic heterocycles. The maximum absolute atomic E-state index is 12.2. The normalized spacial score (nSPS) is 18.6. The van der Waals surface area contributed by atoms with Crippen LogP contribution in [0.3, 0.4) is 0 Å². The molecule has 2 rings (SSSR count). The fraction of sp³-hybridized carbons (Fsp3) is 0.611. The Morgan fingerprint density at radius 1 is 1.41 bits per heavy atom. The summed E-state index contributed by atoms with van der Waals surface area (Å²) in [5.74, 6) is 0.534. The van der Waals surface area contributed by atoms with Crippen LogP contribution in [0.5, 0.6) is 0 Å². The van der Waals surface area contributed by atoms with Crippen molar-refractivity contribution in [2.45, 2.75) is 58.5 Å². The molecule has 1 aromatic rings. The maximum Gasteiger partial charge on any atom is 0.225 e. The molecule has 0 bridgehead atoms. The van der Waals surface area contributed by atoms with Crippen LogP contribution in [0, 0.1) is 19.8 Å². The maximum atomic E-state index is 12.2. The molecule has 22 heavy (non-hydrogen) atoms. The molecule has 4 heteroatoms. The summed E-state index contributed by atoms with van der Waals surface area (Å²) < 4.78 is 0. The van der Waals surface area contributed by atoms with Gasteiger partial charge in [-0.15, -0.1) is 0 Å². The molecule has 1 aromatic carbocycles. The summed E-state index contributed by atoms with van der Waals surface area (Å²) in [4.78, 5) is 12.2. The smallest absolute Gasteiger partial charge is 0.225 e. The number of anilines is 1. The number of hydrogen-bond donors (Lipinski definition) is 3. The van der Waals surface area contributed by atoms with Gasteiger partial charge in [0, 0.05) is 23.7 Å². The van der Waals surface area contributed by atoms with Gasteiger partial charge in [0.15, 0.2) is 0 Å². The van der Waals surface area contributed by atoms with Gasteiger partial charge in [0.1, 0.15) is 0 Å². The summed E-state index contributed by atoms with van der Waals surface area (Å²) in [5.41, 5.74) is 2.89. The molecule has 1 saturated carbocycles. The third-order valence-electron chi connectivity index (χ3n) is 4.75. The number of carbonyl (C=O) groups is 1. The second kappa shape index (κ2) is 6.80. The van der Waals surface area contributed by atoms with Crippen molar-refractivity contribution in [3.63, 3.8) is 0 Å². The molecule has 3 N–H and O–H groups in total. The lowest BCUT2D eigenvalue weighted by atomic mass is 9.95. The van der Waals surface area contributed by atoms with Gasteiger partial charge in [0.05, 0.1) is 6.61 Å². The van der Waals surface area contributed by atoms with Crippen molar-refractivity contribution in [2.24, 2.45) is 5.92 Å². The Morgan fingerprint density at radius 2 is 2.09 bits per heavy atom. The van der Waals surface area contributed by atoms with E-state index in [-0.39, 0.29) is 24.1 Å². The summed E-state index contributed by atoms with van der Waals surface area (Å²) in [6, 6.07) is 5.95. The Morgan fingerprint density at radius 3 is 2.68 bits per heavy atom. The van der Waals surface area contributed by atoms with Crippen LogP contribution in [0.15, 0.2) is 18.2 Å². The summed E-state index contributed by atoms with van der Waals surface area (Å²) in [6.07, 6.45) is 2.71. The van der Waals surface area contributed by atoms with Gasteiger partial charge >= 0.3 is 0 Å². The van der Waals surface area contributed by atoms with Gasteiger partial charge in [0.25, 0.3) is 0 Å². The van der Waals surface area contributed by atoms with E-state index >= 15 is 0 Å². The first-order valence-corrected chi connectivity index (χ1v) is 8.10. The van der Waals surface area contributed by atoms with Crippen molar-refractivity contribution in [3.05, 3.63) is 29.3 Å². The van der Waals surface area contributed by atoms with Crippen LogP contribution in [0.1, 0.15) is 44.2 Å². The number of aliphatic hydroxyl groups is 1. The number of rotatable bonds is 7. The van der Waals surface area contributed by atoms with Gasteiger partial charge < -0.3 is 15.7 Å². The Labute approximate surface area is 133 Å². The molecule has 4 nitrogen and oxygen atoms in total. The molecule has 1 aliphatic carbocycles. The van der Waals surface area contributed by atoms with E-state index < -0.39 is 0 Å². The molecule has 1 aliphatic rings. The first-order valence-electron chi connectivity index (χ1n) is 8.10. The Balaban J connectivity index is 1.90. The van der Waals surface area contributed by atoms with Crippen molar-refractivity contribution < 1.29 is 9.90 Å². The lowest BCUT2D eigenvalue weighted by Gasteiger charge is -2.32. The molecule has 1 fully saturated rings. The van der Waals surface area contributed by atoms with Crippen LogP contribution in [-0.2, 0) is 4.79 Å². The third-order valence-corrected chi connectivity index (χ3v) is 4.75. The monoisotopic (exact) mass is 304 g/mol. The molecule has 0 aliphatic heterocycles. The first kappa shape index (κ1) is 17.0. The van der Waals surface area contributed by atoms with E-state index in [9.17, 15) is 9.90 Å². The number of aliphatic hydroxyl groups excluding tert-OH is 1. The highest BCUT2D eigenvalue weighted by atomic mass is 16.3. The Hall–Kier alpha value is -1.39. The topological polar surface area (TPSA) is 61.4 Å². The molecule has 0 spiro atoms. The summed E-state index contributed by atoms with van der Waals surface area (Å²) >= 11 is 0. The van der Waals surface area contributed by atoms with Gasteiger partial charge in [-0.25, -0.2) is 0 Å². The zero-order valence-corrected chi connectivity index (χ0v) is 14.1. The van der Waals surface area contributed by atoms with E-state index in [0.717, 1.165) is 24.1 Å². The Bertz CT molecular complexity index is 540. The minimum absolute atomic E-state index is 0.00443. The molecule has 2 atom stereocenters. The number of amides is 1. The van der Waals surface area contributed by atoms with Crippen molar-refractivity contribution >= 4 is 11.6 Å². The quantitative estimate of drug-likeness (QED) is 0.726. The highest BCUT2D eigenvalue weighted by molar-refractivity contribution is 5.92. The van der Waals surface area contributed by atoms with Crippen molar-refractivity contribution in [3.8, 4) is 0 Å². The van der Waals surface area contributed by atoms with E-state index in [1.54, 1.807) is 0 Å². The average Bonchev–Trinajstić information content (AvgIpc) is 3.28. The van der Waals surface area contributed by atoms with Gasteiger partial charge in [0.2, 0.25) is 5.91 Å². The zero-order valence-electron chi connectivity index (χ0n) is 14.1. The molecule has 0 heterocycles. The van der Waals surface area contributed by atoms with Crippen molar-refractivity contribution in [1.29, 1.82) is 0 Å². The second-order valence-electron chi connectivity index (χ2n) is 6.90. The van der Waals surface area contributed by atoms with E-state index in [1.807, 2.05) is 45.9 Å². The first-order chi connectivity index (χ1) is 10.4. The molecular formula is C18H28N2O2. The van der Waals surface area contributed by atoms with Gasteiger partial charge in [-0.05, 0) is 63.6 Å². The highest BCUT2D eigenvalue weighted by Gasteiger charge is 2.41. The fourth-order valence-corrected chi connectivity index (χ4v) is 2.99. The molecule has 0 saturated heterocycles. The van der Waals surface area contributed by atoms with Crippen molar-refractivity contribution in [1.82, 2.24) is 5.32 Å². The highest BCUT2D eigenvalue weighted by Crippen LogP contribution is 2.39. The predicted octanol–water partition coefficient (Wildman–Crippen LogP) is 2.77. The number of aryl methyl sites for hydroxylation is 1. The summed E-state index contributed by atoms with van der Waals surface area (Å²) in [7, 11) is 0. The third kappa shape index (κ3) is 4.08. The van der Waals surface area contributed by atoms with E-state index in [4.69, 9.17) is 0 Å². The minimum atomic E-state index is -0.265. The number of carbonyl (C=O) groups excluding carboxylic acids is 1. The van der Waals surface area contributed by atoms with E-state index in [0.29, 0.717) is 12.3 Å². The van der Waals surface area contributed by atoms with Gasteiger partial charge in [-0.3, -0.25) is 4.79 Å². The fourth-order valence-electron chi connectivity index (χ4n) is 2.99. The zero-order chi connectivity index (χ0) is 16.3. The second-order valence-corrected chi connectivity index (χ2v) is 6.90. The summed E-state index contributed by atoms with van der Waals surface area (Å²) in [6.45, 7) is 8.21. The number of nitrogens with one attached hydrogen (secondary N) is 2. The lowest BCUT2D eigenvalue weighted by molar-refractivity contribution is -0.116. The van der Waals surface area contributed by atoms with Crippen LogP contribution in [0.4, 0.5) is 5.69 Å². The van der Waals surface area contributed by atoms with Crippen LogP contribution >= 0.6 is 0 Å². The Kier molecular flexibility index (Phi) is 5.24. The number of benzene rings is 1. The van der Waals surface area contributed by atoms with Gasteiger partial charge in [-0.1, -0.05) is 12.1 Å². The largest absolute Gasteiger partial charge is 0.394 e. The standard InChI is InChI=1S/C18H28N2O2/c1-12-6-5-7-16(14(12)3)19-17(22)10-13(2)20-18(4,11-21)15-8-9-15/h5-7,13,15,20-21H,8-11H2,1-4H3,(H,19,22). The molecule has 122 valence electrons. The number of hydrogen-bond acceptors (Lipinski definition) is 3. The SMILES string of the molecule is Cc1cccc(NC(=O)CC(C)NC(C)(CO)C2CC2)c1C. The minimum Gasteiger partial charge on any atom is -0.394 e. The molecule has 2 unspecified atom stereocenters. The molecule has 0 radical (unpaired) electrons. The van der Waals surface area contributed by atoms with Crippen LogP contribution in [0.25, 0.3) is 0 Å². The predicted molar refractivity (Wildman–Crippen MR) is 90.0 cm³/mol. The van der Waals surface area contributed by atoms with E-state index in [2.05, 4.69) is 10.6 Å². The van der Waals surface area contributed by atoms with Crippen LogP contribution < -0.4 is 10.6 Å². The summed E-state index contributed by atoms with van der Waals surface area (Å²) in [5, 5.41) is 16.0. The molecular weight excluding hydrogens is 276 g/mol. The van der Waals surface area contributed by atoms with Gasteiger partial charge in [-0.2, -0.15) is 0 Å². The lowest BCUT2D eigenvalue weighted by Crippen LogP contribution is -2.52. The van der Waals surface area contributed by atoms with E-state index in [1.165, 1.54) is 5.56 Å². The van der Waals surface area contributed by atoms with Crippen LogP contribution in [-0.4, -0.2) is 29.2 Å². The van der Waals surface area contributed by atoms with Crippen molar-refractivity contribution in [2.75, 3.05) is 11.9 Å². The van der Waals surface area contributed by atoms with Crippen LogP contribution in [0.2, 0.25) is 0 Å². The average molecular weight is 304 g/mol.